The summed E-state index contributed by atoms with van der Waals surface area (Å²) in [6.07, 6.45) is 0. The van der Waals surface area contributed by atoms with Gasteiger partial charge in [0.15, 0.2) is 0 Å². The van der Waals surface area contributed by atoms with Gasteiger partial charge in [0.1, 0.15) is 11.3 Å². The van der Waals surface area contributed by atoms with E-state index in [0.717, 1.165) is 0 Å². The zero-order valence-corrected chi connectivity index (χ0v) is 6.49. The maximum absolute atomic E-state index is 10.3. The second-order valence-corrected chi connectivity index (χ2v) is 1.82. The largest absolute Gasteiger partial charge is 0.507 e. The van der Waals surface area contributed by atoms with Crippen molar-refractivity contribution < 1.29 is 19.4 Å². The number of benzene rings is 1. The first-order valence-electron chi connectivity index (χ1n) is 3.11. The maximum atomic E-state index is 10.3. The first-order valence-corrected chi connectivity index (χ1v) is 3.11. The van der Waals surface area contributed by atoms with Crippen LogP contribution in [0.4, 0.5) is 4.39 Å². The van der Waals surface area contributed by atoms with E-state index in [4.69, 9.17) is 10.2 Å². The summed E-state index contributed by atoms with van der Waals surface area (Å²) in [5.74, 6) is -1.31. The Bertz CT molecular complexity index is 260. The van der Waals surface area contributed by atoms with E-state index in [1.165, 1.54) is 12.1 Å². The van der Waals surface area contributed by atoms with Gasteiger partial charge in [0.2, 0.25) is 0 Å². The van der Waals surface area contributed by atoms with Crippen molar-refractivity contribution in [1.29, 1.82) is 0 Å². The fraction of sp³-hybridized carbons (Fsp3) is 0.125. The molecule has 0 unspecified atom stereocenters. The van der Waals surface area contributed by atoms with Crippen LogP contribution in [-0.4, -0.2) is 23.4 Å². The molecule has 0 amide bonds. The molecule has 0 saturated carbocycles. The first kappa shape index (κ1) is 10.4. The number of aromatic carboxylic acids is 1. The lowest BCUT2D eigenvalue weighted by molar-refractivity contribution is 0.0694. The predicted molar refractivity (Wildman–Crippen MR) is 42.1 cm³/mol. The second kappa shape index (κ2) is 5.12. The summed E-state index contributed by atoms with van der Waals surface area (Å²) < 4.78 is 9.50. The molecule has 1 aromatic carbocycles. The summed E-state index contributed by atoms with van der Waals surface area (Å²) >= 11 is 0. The van der Waals surface area contributed by atoms with E-state index >= 15 is 0 Å². The Hall–Kier alpha value is -1.58. The van der Waals surface area contributed by atoms with Crippen molar-refractivity contribution in [1.82, 2.24) is 0 Å². The van der Waals surface area contributed by atoms with E-state index in [-0.39, 0.29) is 11.3 Å². The van der Waals surface area contributed by atoms with Gasteiger partial charge in [-0.05, 0) is 12.1 Å². The minimum Gasteiger partial charge on any atom is -0.507 e. The number of carboxylic acid groups (broad SMARTS) is 1. The van der Waals surface area contributed by atoms with Crippen LogP contribution < -0.4 is 0 Å². The highest BCUT2D eigenvalue weighted by atomic mass is 19.1. The molecule has 3 nitrogen and oxygen atoms in total. The summed E-state index contributed by atoms with van der Waals surface area (Å²) in [6.45, 7) is 0. The fourth-order valence-electron chi connectivity index (χ4n) is 0.654. The molecule has 0 fully saturated rings. The van der Waals surface area contributed by atoms with Crippen molar-refractivity contribution in [2.45, 2.75) is 0 Å². The lowest BCUT2D eigenvalue weighted by Gasteiger charge is -1.95. The Morgan fingerprint density at radius 1 is 1.33 bits per heavy atom. The van der Waals surface area contributed by atoms with Crippen LogP contribution in [0.5, 0.6) is 5.75 Å². The minimum atomic E-state index is -1.11. The molecule has 1 aromatic rings. The van der Waals surface area contributed by atoms with E-state index in [9.17, 15) is 9.18 Å². The highest BCUT2D eigenvalue weighted by molar-refractivity contribution is 5.90. The Morgan fingerprint density at radius 3 is 2.17 bits per heavy atom. The van der Waals surface area contributed by atoms with E-state index in [2.05, 4.69) is 0 Å². The zero-order chi connectivity index (χ0) is 9.56. The SMILES string of the molecule is CF.O=C(O)c1ccccc1O. The maximum Gasteiger partial charge on any atom is 0.339 e. The molecule has 0 radical (unpaired) electrons. The molecule has 0 aromatic heterocycles. The number of alkyl halides is 1. The van der Waals surface area contributed by atoms with Gasteiger partial charge >= 0.3 is 5.97 Å². The Labute approximate surface area is 69.1 Å². The lowest BCUT2D eigenvalue weighted by atomic mass is 10.2. The average Bonchev–Trinajstić information content (AvgIpc) is 2.08. The number of rotatable bonds is 1. The van der Waals surface area contributed by atoms with E-state index in [1.54, 1.807) is 12.1 Å². The third-order valence-electron chi connectivity index (χ3n) is 1.13. The standard InChI is InChI=1S/C7H6O3.CH3F/c8-6-4-2-1-3-5(6)7(9)10;1-2/h1-4,8H,(H,9,10);1H3. The molecule has 2 N–H and O–H groups in total. The Morgan fingerprint density at radius 2 is 1.83 bits per heavy atom. The third kappa shape index (κ3) is 2.57. The number of carboxylic acids is 1. The van der Waals surface area contributed by atoms with Crippen molar-refractivity contribution in [3.05, 3.63) is 29.8 Å². The molecule has 0 aliphatic heterocycles. The van der Waals surface area contributed by atoms with Crippen LogP contribution in [0.15, 0.2) is 24.3 Å². The van der Waals surface area contributed by atoms with Gasteiger partial charge in [-0.15, -0.1) is 0 Å². The Kier molecular flexibility index (Phi) is 4.45. The van der Waals surface area contributed by atoms with Gasteiger partial charge in [0.05, 0.1) is 7.18 Å². The van der Waals surface area contributed by atoms with Crippen molar-refractivity contribution in [2.24, 2.45) is 0 Å². The molecule has 66 valence electrons. The van der Waals surface area contributed by atoms with Crippen molar-refractivity contribution in [3.63, 3.8) is 0 Å². The van der Waals surface area contributed by atoms with Gasteiger partial charge in [0, 0.05) is 0 Å². The van der Waals surface area contributed by atoms with Gasteiger partial charge in [-0.3, -0.25) is 4.39 Å². The molecule has 0 spiro atoms. The van der Waals surface area contributed by atoms with Crippen molar-refractivity contribution in [2.75, 3.05) is 7.18 Å². The van der Waals surface area contributed by atoms with E-state index in [1.807, 2.05) is 0 Å². The molecular weight excluding hydrogens is 163 g/mol. The van der Waals surface area contributed by atoms with Crippen molar-refractivity contribution >= 4 is 5.97 Å². The quantitative estimate of drug-likeness (QED) is 0.677. The number of phenols is 1. The molecular formula is C8H9FO3. The Balaban J connectivity index is 0.000000561. The molecule has 0 aliphatic rings. The van der Waals surface area contributed by atoms with Gasteiger partial charge in [-0.25, -0.2) is 4.79 Å². The average molecular weight is 172 g/mol. The van der Waals surface area contributed by atoms with Crippen LogP contribution in [0, 0.1) is 0 Å². The molecule has 12 heavy (non-hydrogen) atoms. The first-order chi connectivity index (χ1) is 5.72. The van der Waals surface area contributed by atoms with Crippen LogP contribution in [-0.2, 0) is 0 Å². The molecule has 4 heteroatoms. The molecule has 0 bridgehead atoms. The minimum absolute atomic E-state index is 0.0671. The number of halogens is 1. The molecule has 0 atom stereocenters. The summed E-state index contributed by atoms with van der Waals surface area (Å²) in [5.41, 5.74) is -0.0671. The number of carbonyl (C=O) groups is 1. The number of hydrogen-bond donors (Lipinski definition) is 2. The van der Waals surface area contributed by atoms with Crippen LogP contribution in [0.25, 0.3) is 0 Å². The fourth-order valence-corrected chi connectivity index (χ4v) is 0.654. The molecule has 0 saturated heterocycles. The topological polar surface area (TPSA) is 57.5 Å². The number of hydrogen-bond acceptors (Lipinski definition) is 2. The third-order valence-corrected chi connectivity index (χ3v) is 1.13. The summed E-state index contributed by atoms with van der Waals surface area (Å²) in [6, 6.07) is 5.81. The van der Waals surface area contributed by atoms with Crippen LogP contribution in [0.1, 0.15) is 10.4 Å². The van der Waals surface area contributed by atoms with Crippen LogP contribution in [0.3, 0.4) is 0 Å². The highest BCUT2D eigenvalue weighted by Gasteiger charge is 2.05. The normalized spacial score (nSPS) is 8.17. The van der Waals surface area contributed by atoms with Gasteiger partial charge < -0.3 is 10.2 Å². The molecule has 0 aliphatic carbocycles. The zero-order valence-electron chi connectivity index (χ0n) is 6.49. The summed E-state index contributed by atoms with van der Waals surface area (Å²) in [5, 5.41) is 17.3. The van der Waals surface area contributed by atoms with Gasteiger partial charge in [-0.1, -0.05) is 12.1 Å². The smallest absolute Gasteiger partial charge is 0.339 e. The molecule has 0 heterocycles. The van der Waals surface area contributed by atoms with E-state index < -0.39 is 5.97 Å². The van der Waals surface area contributed by atoms with Crippen LogP contribution >= 0.6 is 0 Å². The monoisotopic (exact) mass is 172 g/mol. The van der Waals surface area contributed by atoms with E-state index in [0.29, 0.717) is 7.18 Å². The highest BCUT2D eigenvalue weighted by Crippen LogP contribution is 2.14. The van der Waals surface area contributed by atoms with Crippen LogP contribution in [0.2, 0.25) is 0 Å². The lowest BCUT2D eigenvalue weighted by Crippen LogP contribution is -1.95. The summed E-state index contributed by atoms with van der Waals surface area (Å²) in [4.78, 5) is 10.3. The number of aromatic hydroxyl groups is 1. The molecule has 1 rings (SSSR count). The van der Waals surface area contributed by atoms with Gasteiger partial charge in [0.25, 0.3) is 0 Å². The summed E-state index contributed by atoms with van der Waals surface area (Å²) in [7, 11) is 0.500. The second-order valence-electron chi connectivity index (χ2n) is 1.82. The predicted octanol–water partition coefficient (Wildman–Crippen LogP) is 1.68. The van der Waals surface area contributed by atoms with Crippen molar-refractivity contribution in [3.8, 4) is 5.75 Å². The number of para-hydroxylation sites is 1. The van der Waals surface area contributed by atoms with Gasteiger partial charge in [-0.2, -0.15) is 0 Å².